The van der Waals surface area contributed by atoms with Gasteiger partial charge in [-0.05, 0) is 25.5 Å². The molecule has 1 rings (SSSR count). The number of carbonyl (C=O) groups is 1. The van der Waals surface area contributed by atoms with Gasteiger partial charge in [0.1, 0.15) is 5.82 Å². The Bertz CT molecular complexity index is 335. The Labute approximate surface area is 90.1 Å². The van der Waals surface area contributed by atoms with Gasteiger partial charge in [0.15, 0.2) is 0 Å². The van der Waals surface area contributed by atoms with Crippen molar-refractivity contribution in [1.82, 2.24) is 4.98 Å². The standard InChI is InChI=1S/C11H17N3O/c1-4-11(2,12)10(15)14(3)9-7-5-6-8-13-9/h5-8H,4,12H2,1-3H3. The van der Waals surface area contributed by atoms with Crippen LogP contribution in [0.2, 0.25) is 0 Å². The van der Waals surface area contributed by atoms with E-state index in [9.17, 15) is 4.79 Å². The van der Waals surface area contributed by atoms with Crippen LogP contribution in [0.5, 0.6) is 0 Å². The molecule has 1 amide bonds. The third kappa shape index (κ3) is 2.53. The normalized spacial score (nSPS) is 14.4. The van der Waals surface area contributed by atoms with Crippen molar-refractivity contribution in [1.29, 1.82) is 0 Å². The Morgan fingerprint density at radius 3 is 2.73 bits per heavy atom. The van der Waals surface area contributed by atoms with Crippen LogP contribution >= 0.6 is 0 Å². The molecule has 0 saturated carbocycles. The minimum atomic E-state index is -0.827. The Balaban J connectivity index is 2.87. The first-order valence-electron chi connectivity index (χ1n) is 4.97. The van der Waals surface area contributed by atoms with E-state index < -0.39 is 5.54 Å². The molecule has 0 aliphatic heterocycles. The van der Waals surface area contributed by atoms with E-state index in [0.717, 1.165) is 0 Å². The van der Waals surface area contributed by atoms with E-state index in [1.807, 2.05) is 19.1 Å². The maximum Gasteiger partial charge on any atom is 0.247 e. The molecular formula is C11H17N3O. The first-order chi connectivity index (χ1) is 6.99. The largest absolute Gasteiger partial charge is 0.318 e. The van der Waals surface area contributed by atoms with Gasteiger partial charge in [0.05, 0.1) is 5.54 Å². The van der Waals surface area contributed by atoms with Crippen LogP contribution in [0.4, 0.5) is 5.82 Å². The number of hydrogen-bond acceptors (Lipinski definition) is 3. The smallest absolute Gasteiger partial charge is 0.247 e. The van der Waals surface area contributed by atoms with Crippen LogP contribution < -0.4 is 10.6 Å². The molecule has 1 aromatic rings. The van der Waals surface area contributed by atoms with Crippen molar-refractivity contribution in [2.24, 2.45) is 5.73 Å². The second-order valence-electron chi connectivity index (χ2n) is 3.82. The number of anilines is 1. The average molecular weight is 207 g/mol. The van der Waals surface area contributed by atoms with E-state index in [2.05, 4.69) is 4.98 Å². The Hall–Kier alpha value is -1.42. The summed E-state index contributed by atoms with van der Waals surface area (Å²) in [5, 5.41) is 0. The number of nitrogens with zero attached hydrogens (tertiary/aromatic N) is 2. The summed E-state index contributed by atoms with van der Waals surface area (Å²) in [6.45, 7) is 3.62. The lowest BCUT2D eigenvalue weighted by Gasteiger charge is -2.27. The molecule has 82 valence electrons. The predicted octanol–water partition coefficient (Wildman–Crippen LogP) is 1.17. The van der Waals surface area contributed by atoms with Crippen molar-refractivity contribution in [3.8, 4) is 0 Å². The van der Waals surface area contributed by atoms with Crippen LogP contribution in [-0.4, -0.2) is 23.5 Å². The summed E-state index contributed by atoms with van der Waals surface area (Å²) in [6, 6.07) is 5.43. The number of aromatic nitrogens is 1. The molecule has 4 nitrogen and oxygen atoms in total. The summed E-state index contributed by atoms with van der Waals surface area (Å²) in [7, 11) is 1.69. The fourth-order valence-corrected chi connectivity index (χ4v) is 1.19. The summed E-state index contributed by atoms with van der Waals surface area (Å²) < 4.78 is 0. The summed E-state index contributed by atoms with van der Waals surface area (Å²) in [6.07, 6.45) is 2.25. The molecule has 2 N–H and O–H groups in total. The quantitative estimate of drug-likeness (QED) is 0.809. The van der Waals surface area contributed by atoms with E-state index in [-0.39, 0.29) is 5.91 Å². The Morgan fingerprint density at radius 1 is 1.60 bits per heavy atom. The monoisotopic (exact) mass is 207 g/mol. The highest BCUT2D eigenvalue weighted by atomic mass is 16.2. The number of pyridine rings is 1. The van der Waals surface area contributed by atoms with Gasteiger partial charge in [-0.3, -0.25) is 9.69 Å². The molecule has 15 heavy (non-hydrogen) atoms. The third-order valence-electron chi connectivity index (χ3n) is 2.52. The maximum absolute atomic E-state index is 12.0. The molecule has 1 aromatic heterocycles. The molecule has 0 fully saturated rings. The van der Waals surface area contributed by atoms with Crippen LogP contribution in [0.3, 0.4) is 0 Å². The highest BCUT2D eigenvalue weighted by Gasteiger charge is 2.30. The number of hydrogen-bond donors (Lipinski definition) is 1. The van der Waals surface area contributed by atoms with Gasteiger partial charge >= 0.3 is 0 Å². The van der Waals surface area contributed by atoms with Gasteiger partial charge in [0.2, 0.25) is 5.91 Å². The molecule has 4 heteroatoms. The average Bonchev–Trinajstić information content (AvgIpc) is 2.28. The van der Waals surface area contributed by atoms with Gasteiger partial charge in [0.25, 0.3) is 0 Å². The zero-order valence-electron chi connectivity index (χ0n) is 9.40. The van der Waals surface area contributed by atoms with Crippen LogP contribution in [0.1, 0.15) is 20.3 Å². The molecule has 1 atom stereocenters. The SMILES string of the molecule is CCC(C)(N)C(=O)N(C)c1ccccn1. The molecular weight excluding hydrogens is 190 g/mol. The fourth-order valence-electron chi connectivity index (χ4n) is 1.19. The minimum Gasteiger partial charge on any atom is -0.318 e. The number of amides is 1. The topological polar surface area (TPSA) is 59.2 Å². The van der Waals surface area contributed by atoms with Crippen LogP contribution in [-0.2, 0) is 4.79 Å². The van der Waals surface area contributed by atoms with Gasteiger partial charge in [-0.25, -0.2) is 4.98 Å². The lowest BCUT2D eigenvalue weighted by molar-refractivity contribution is -0.123. The summed E-state index contributed by atoms with van der Waals surface area (Å²) in [5.41, 5.74) is 5.05. The van der Waals surface area contributed by atoms with E-state index >= 15 is 0 Å². The highest BCUT2D eigenvalue weighted by molar-refractivity contribution is 5.98. The number of rotatable bonds is 3. The molecule has 1 unspecified atom stereocenters. The number of likely N-dealkylation sites (N-methyl/N-ethyl adjacent to an activating group) is 1. The van der Waals surface area contributed by atoms with E-state index in [4.69, 9.17) is 5.73 Å². The maximum atomic E-state index is 12.0. The Morgan fingerprint density at radius 2 is 2.27 bits per heavy atom. The molecule has 0 aliphatic carbocycles. The van der Waals surface area contributed by atoms with Gasteiger partial charge < -0.3 is 5.73 Å². The molecule has 0 aromatic carbocycles. The molecule has 1 heterocycles. The predicted molar refractivity (Wildman–Crippen MR) is 60.5 cm³/mol. The van der Waals surface area contributed by atoms with Gasteiger partial charge in [0, 0.05) is 13.2 Å². The van der Waals surface area contributed by atoms with Crippen LogP contribution in [0.25, 0.3) is 0 Å². The third-order valence-corrected chi connectivity index (χ3v) is 2.52. The van der Waals surface area contributed by atoms with Crippen LogP contribution in [0, 0.1) is 0 Å². The lowest BCUT2D eigenvalue weighted by Crippen LogP contribution is -2.52. The van der Waals surface area contributed by atoms with Crippen molar-refractivity contribution in [2.45, 2.75) is 25.8 Å². The summed E-state index contributed by atoms with van der Waals surface area (Å²) in [5.74, 6) is 0.497. The number of nitrogens with two attached hydrogens (primary N) is 1. The van der Waals surface area contributed by atoms with Crippen molar-refractivity contribution in [3.63, 3.8) is 0 Å². The van der Waals surface area contributed by atoms with Crippen molar-refractivity contribution >= 4 is 11.7 Å². The van der Waals surface area contributed by atoms with Crippen molar-refractivity contribution in [3.05, 3.63) is 24.4 Å². The summed E-state index contributed by atoms with van der Waals surface area (Å²) >= 11 is 0. The van der Waals surface area contributed by atoms with Gasteiger partial charge in [-0.1, -0.05) is 13.0 Å². The fraction of sp³-hybridized carbons (Fsp3) is 0.455. The zero-order valence-corrected chi connectivity index (χ0v) is 9.40. The van der Waals surface area contributed by atoms with E-state index in [1.165, 1.54) is 4.90 Å². The number of carbonyl (C=O) groups excluding carboxylic acids is 1. The first-order valence-corrected chi connectivity index (χ1v) is 4.97. The first kappa shape index (κ1) is 11.7. The Kier molecular flexibility index (Phi) is 3.42. The lowest BCUT2D eigenvalue weighted by atomic mass is 9.99. The van der Waals surface area contributed by atoms with Gasteiger partial charge in [-0.2, -0.15) is 0 Å². The van der Waals surface area contributed by atoms with E-state index in [1.54, 1.807) is 26.2 Å². The highest BCUT2D eigenvalue weighted by Crippen LogP contribution is 2.14. The second kappa shape index (κ2) is 4.40. The van der Waals surface area contributed by atoms with Crippen molar-refractivity contribution in [2.75, 3.05) is 11.9 Å². The zero-order chi connectivity index (χ0) is 11.5. The minimum absolute atomic E-state index is 0.122. The molecule has 0 spiro atoms. The van der Waals surface area contributed by atoms with Gasteiger partial charge in [-0.15, -0.1) is 0 Å². The summed E-state index contributed by atoms with van der Waals surface area (Å²) in [4.78, 5) is 17.5. The molecule has 0 bridgehead atoms. The molecule has 0 aliphatic rings. The van der Waals surface area contributed by atoms with Crippen LogP contribution in [0.15, 0.2) is 24.4 Å². The second-order valence-corrected chi connectivity index (χ2v) is 3.82. The van der Waals surface area contributed by atoms with Crippen molar-refractivity contribution < 1.29 is 4.79 Å². The van der Waals surface area contributed by atoms with E-state index in [0.29, 0.717) is 12.2 Å². The molecule has 0 radical (unpaired) electrons. The molecule has 0 saturated heterocycles.